The molecular weight excluding hydrogens is 238 g/mol. The summed E-state index contributed by atoms with van der Waals surface area (Å²) in [7, 11) is 1.75. The van der Waals surface area contributed by atoms with Crippen LogP contribution in [0.5, 0.6) is 0 Å². The highest BCUT2D eigenvalue weighted by atomic mass is 16.5. The van der Waals surface area contributed by atoms with Crippen LogP contribution in [0.3, 0.4) is 0 Å². The molecule has 1 aromatic heterocycles. The number of ether oxygens (including phenoxy) is 1. The first kappa shape index (κ1) is 14.4. The molecule has 1 aliphatic heterocycles. The van der Waals surface area contributed by atoms with Gasteiger partial charge in [-0.1, -0.05) is 26.7 Å². The summed E-state index contributed by atoms with van der Waals surface area (Å²) in [5.41, 5.74) is 3.77. The first-order chi connectivity index (χ1) is 9.30. The predicted octanol–water partition coefficient (Wildman–Crippen LogP) is 2.56. The van der Waals surface area contributed by atoms with Crippen LogP contribution in [0.25, 0.3) is 0 Å². The Kier molecular flexibility index (Phi) is 5.28. The van der Waals surface area contributed by atoms with E-state index in [-0.39, 0.29) is 6.10 Å². The summed E-state index contributed by atoms with van der Waals surface area (Å²) in [6.45, 7) is 6.29. The van der Waals surface area contributed by atoms with E-state index in [1.54, 1.807) is 7.11 Å². The Morgan fingerprint density at radius 3 is 2.79 bits per heavy atom. The molecule has 0 spiro atoms. The summed E-state index contributed by atoms with van der Waals surface area (Å²) >= 11 is 0. The molecule has 1 aliphatic rings. The lowest BCUT2D eigenvalue weighted by Crippen LogP contribution is -2.27. The fourth-order valence-corrected chi connectivity index (χ4v) is 2.64. The zero-order valence-electron chi connectivity index (χ0n) is 12.3. The molecule has 19 heavy (non-hydrogen) atoms. The predicted molar refractivity (Wildman–Crippen MR) is 76.1 cm³/mol. The number of hydrogen-bond acceptors (Lipinski definition) is 4. The molecule has 0 saturated heterocycles. The monoisotopic (exact) mass is 263 g/mol. The number of nitrogens with zero attached hydrogens (tertiary/aromatic N) is 2. The van der Waals surface area contributed by atoms with Crippen molar-refractivity contribution in [3.05, 3.63) is 22.8 Å². The lowest BCUT2D eigenvalue weighted by atomic mass is 10.0. The van der Waals surface area contributed by atoms with Crippen LogP contribution < -0.4 is 5.32 Å². The van der Waals surface area contributed by atoms with Gasteiger partial charge in [0, 0.05) is 37.9 Å². The average molecular weight is 263 g/mol. The van der Waals surface area contributed by atoms with Crippen LogP contribution in [0.4, 0.5) is 0 Å². The van der Waals surface area contributed by atoms with Crippen LogP contribution in [0.15, 0.2) is 0 Å². The number of nitrogens with one attached hydrogen (secondary N) is 1. The number of methoxy groups -OCH3 is 1. The third-order valence-corrected chi connectivity index (χ3v) is 3.65. The lowest BCUT2D eigenvalue weighted by molar-refractivity contribution is 0.0870. The molecule has 0 aliphatic carbocycles. The second-order valence-electron chi connectivity index (χ2n) is 5.14. The van der Waals surface area contributed by atoms with E-state index in [4.69, 9.17) is 14.7 Å². The van der Waals surface area contributed by atoms with Crippen molar-refractivity contribution in [1.82, 2.24) is 15.3 Å². The number of rotatable bonds is 6. The standard InChI is InChI=1S/C15H25N3O/c1-4-6-12-11-10-16-9-8-13(11)18-15(17-12)14(19-3)7-5-2/h14,16H,4-10H2,1-3H3. The zero-order valence-corrected chi connectivity index (χ0v) is 12.3. The van der Waals surface area contributed by atoms with E-state index < -0.39 is 0 Å². The van der Waals surface area contributed by atoms with Gasteiger partial charge >= 0.3 is 0 Å². The van der Waals surface area contributed by atoms with Gasteiger partial charge in [0.2, 0.25) is 0 Å². The molecule has 0 radical (unpaired) electrons. The van der Waals surface area contributed by atoms with Crippen LogP contribution in [-0.2, 0) is 24.1 Å². The SMILES string of the molecule is CCCc1nc(C(CCC)OC)nc2c1CNCC2. The van der Waals surface area contributed by atoms with Crippen molar-refractivity contribution in [1.29, 1.82) is 0 Å². The Morgan fingerprint density at radius 1 is 1.26 bits per heavy atom. The van der Waals surface area contributed by atoms with Crippen molar-refractivity contribution in [3.8, 4) is 0 Å². The molecule has 106 valence electrons. The van der Waals surface area contributed by atoms with Crippen molar-refractivity contribution in [2.24, 2.45) is 0 Å². The van der Waals surface area contributed by atoms with Gasteiger partial charge in [-0.05, 0) is 12.8 Å². The maximum absolute atomic E-state index is 5.56. The zero-order chi connectivity index (χ0) is 13.7. The van der Waals surface area contributed by atoms with Crippen LogP contribution >= 0.6 is 0 Å². The molecule has 4 heteroatoms. The summed E-state index contributed by atoms with van der Waals surface area (Å²) in [6, 6.07) is 0. The quantitative estimate of drug-likeness (QED) is 0.857. The maximum Gasteiger partial charge on any atom is 0.157 e. The lowest BCUT2D eigenvalue weighted by Gasteiger charge is -2.22. The number of aryl methyl sites for hydroxylation is 1. The minimum absolute atomic E-state index is 0.0424. The molecule has 1 aromatic rings. The highest BCUT2D eigenvalue weighted by molar-refractivity contribution is 5.29. The fourth-order valence-electron chi connectivity index (χ4n) is 2.64. The largest absolute Gasteiger partial charge is 0.373 e. The van der Waals surface area contributed by atoms with Crippen LogP contribution in [-0.4, -0.2) is 23.6 Å². The number of aromatic nitrogens is 2. The Labute approximate surface area is 116 Å². The molecule has 0 bridgehead atoms. The van der Waals surface area contributed by atoms with E-state index in [0.717, 1.165) is 51.0 Å². The van der Waals surface area contributed by atoms with Gasteiger partial charge in [0.25, 0.3) is 0 Å². The first-order valence-corrected chi connectivity index (χ1v) is 7.42. The molecule has 2 heterocycles. The molecule has 0 fully saturated rings. The average Bonchev–Trinajstić information content (AvgIpc) is 2.45. The van der Waals surface area contributed by atoms with Gasteiger partial charge in [0.05, 0.1) is 5.69 Å². The van der Waals surface area contributed by atoms with Gasteiger partial charge in [-0.25, -0.2) is 9.97 Å². The van der Waals surface area contributed by atoms with Gasteiger partial charge in [-0.15, -0.1) is 0 Å². The second kappa shape index (κ2) is 6.96. The highest BCUT2D eigenvalue weighted by Gasteiger charge is 2.20. The van der Waals surface area contributed by atoms with Crippen molar-refractivity contribution in [2.75, 3.05) is 13.7 Å². The molecule has 1 N–H and O–H groups in total. The van der Waals surface area contributed by atoms with Crippen LogP contribution in [0.2, 0.25) is 0 Å². The summed E-state index contributed by atoms with van der Waals surface area (Å²) in [5, 5.41) is 3.42. The van der Waals surface area contributed by atoms with Gasteiger partial charge in [0.1, 0.15) is 6.10 Å². The smallest absolute Gasteiger partial charge is 0.157 e. The summed E-state index contributed by atoms with van der Waals surface area (Å²) < 4.78 is 5.56. The maximum atomic E-state index is 5.56. The van der Waals surface area contributed by atoms with Crippen molar-refractivity contribution in [2.45, 2.75) is 58.6 Å². The third-order valence-electron chi connectivity index (χ3n) is 3.65. The number of fused-ring (bicyclic) bond motifs is 1. The second-order valence-corrected chi connectivity index (χ2v) is 5.14. The third kappa shape index (κ3) is 3.31. The van der Waals surface area contributed by atoms with E-state index in [9.17, 15) is 0 Å². The molecule has 2 rings (SSSR count). The molecule has 1 unspecified atom stereocenters. The van der Waals surface area contributed by atoms with Gasteiger partial charge < -0.3 is 10.1 Å². The summed E-state index contributed by atoms with van der Waals surface area (Å²) in [5.74, 6) is 0.883. The van der Waals surface area contributed by atoms with E-state index in [2.05, 4.69) is 19.2 Å². The number of hydrogen-bond donors (Lipinski definition) is 1. The Bertz CT molecular complexity index is 420. The van der Waals surface area contributed by atoms with Gasteiger partial charge in [0.15, 0.2) is 5.82 Å². The molecular formula is C15H25N3O. The van der Waals surface area contributed by atoms with Gasteiger partial charge in [-0.3, -0.25) is 0 Å². The van der Waals surface area contributed by atoms with Gasteiger partial charge in [-0.2, -0.15) is 0 Å². The Hall–Kier alpha value is -1.00. The molecule has 1 atom stereocenters. The minimum atomic E-state index is 0.0424. The Morgan fingerprint density at radius 2 is 2.11 bits per heavy atom. The van der Waals surface area contributed by atoms with Crippen molar-refractivity contribution < 1.29 is 4.74 Å². The summed E-state index contributed by atoms with van der Waals surface area (Å²) in [6.07, 6.45) is 5.27. The normalized spacial score (nSPS) is 16.2. The molecule has 0 aromatic carbocycles. The molecule has 0 saturated carbocycles. The van der Waals surface area contributed by atoms with Crippen LogP contribution in [0.1, 0.15) is 62.0 Å². The van der Waals surface area contributed by atoms with E-state index >= 15 is 0 Å². The van der Waals surface area contributed by atoms with E-state index in [0.29, 0.717) is 0 Å². The Balaban J connectivity index is 2.36. The topological polar surface area (TPSA) is 47.0 Å². The van der Waals surface area contributed by atoms with Crippen molar-refractivity contribution in [3.63, 3.8) is 0 Å². The summed E-state index contributed by atoms with van der Waals surface area (Å²) in [4.78, 5) is 9.56. The molecule has 0 amide bonds. The van der Waals surface area contributed by atoms with Crippen LogP contribution in [0, 0.1) is 0 Å². The van der Waals surface area contributed by atoms with E-state index in [1.165, 1.54) is 17.0 Å². The molecule has 4 nitrogen and oxygen atoms in total. The minimum Gasteiger partial charge on any atom is -0.373 e. The van der Waals surface area contributed by atoms with E-state index in [1.807, 2.05) is 0 Å². The van der Waals surface area contributed by atoms with Crippen molar-refractivity contribution >= 4 is 0 Å². The fraction of sp³-hybridized carbons (Fsp3) is 0.733. The first-order valence-electron chi connectivity index (χ1n) is 7.42. The highest BCUT2D eigenvalue weighted by Crippen LogP contribution is 2.23.